The smallest absolute Gasteiger partial charge is 0.321 e. The van der Waals surface area contributed by atoms with Gasteiger partial charge in [-0.25, -0.2) is 0 Å². The fourth-order valence-corrected chi connectivity index (χ4v) is 3.51. The summed E-state index contributed by atoms with van der Waals surface area (Å²) >= 11 is 2.26. The van der Waals surface area contributed by atoms with Gasteiger partial charge in [-0.1, -0.05) is 30.3 Å². The van der Waals surface area contributed by atoms with Crippen molar-refractivity contribution >= 4 is 34.2 Å². The zero-order valence-electron chi connectivity index (χ0n) is 13.4. The Bertz CT molecular complexity index is 668. The number of carboxylic acids is 1. The molecular weight excluding hydrogens is 415 g/mol. The van der Waals surface area contributed by atoms with Crippen molar-refractivity contribution in [2.75, 3.05) is 31.1 Å². The van der Waals surface area contributed by atoms with E-state index in [1.807, 2.05) is 42.5 Å². The first kappa shape index (κ1) is 17.2. The molecule has 1 aliphatic heterocycles. The van der Waals surface area contributed by atoms with Gasteiger partial charge in [0.1, 0.15) is 6.04 Å². The van der Waals surface area contributed by atoms with Crippen LogP contribution in [0.25, 0.3) is 0 Å². The Hall–Kier alpha value is -1.60. The summed E-state index contributed by atoms with van der Waals surface area (Å²) in [7, 11) is 0. The Morgan fingerprint density at radius 3 is 2.21 bits per heavy atom. The van der Waals surface area contributed by atoms with Gasteiger partial charge in [0.25, 0.3) is 0 Å². The predicted molar refractivity (Wildman–Crippen MR) is 105 cm³/mol. The lowest BCUT2D eigenvalue weighted by molar-refractivity contribution is -0.143. The van der Waals surface area contributed by atoms with Crippen LogP contribution in [0, 0.1) is 3.57 Å². The number of rotatable bonds is 5. The summed E-state index contributed by atoms with van der Waals surface area (Å²) in [4.78, 5) is 16.2. The van der Waals surface area contributed by atoms with Crippen LogP contribution in [-0.4, -0.2) is 48.2 Å². The van der Waals surface area contributed by atoms with Gasteiger partial charge >= 0.3 is 5.97 Å². The Morgan fingerprint density at radius 2 is 1.62 bits per heavy atom. The van der Waals surface area contributed by atoms with Gasteiger partial charge in [0.05, 0.1) is 0 Å². The van der Waals surface area contributed by atoms with E-state index in [0.29, 0.717) is 6.42 Å². The fraction of sp³-hybridized carbons (Fsp3) is 0.316. The standard InChI is InChI=1S/C19H21IN2O2/c20-16-8-6-15(7-9-16)14-18(19(23)24)22-12-10-21(11-13-22)17-4-2-1-3-5-17/h1-9,18H,10-14H2,(H,23,24)/t18-/m1/s1. The fourth-order valence-electron chi connectivity index (χ4n) is 3.15. The highest BCUT2D eigenvalue weighted by Crippen LogP contribution is 2.18. The molecule has 0 unspecified atom stereocenters. The number of para-hydroxylation sites is 1. The first-order valence-corrected chi connectivity index (χ1v) is 9.22. The average molecular weight is 436 g/mol. The predicted octanol–water partition coefficient (Wildman–Crippen LogP) is 3.11. The number of carbonyl (C=O) groups is 1. The molecule has 3 rings (SSSR count). The number of hydrogen-bond acceptors (Lipinski definition) is 3. The lowest BCUT2D eigenvalue weighted by Gasteiger charge is -2.38. The molecule has 0 amide bonds. The molecule has 1 atom stereocenters. The first-order chi connectivity index (χ1) is 11.6. The van der Waals surface area contributed by atoms with Crippen molar-refractivity contribution in [3.05, 3.63) is 63.7 Å². The number of hydrogen-bond donors (Lipinski definition) is 1. The highest BCUT2D eigenvalue weighted by Gasteiger charge is 2.29. The molecule has 2 aromatic rings. The van der Waals surface area contributed by atoms with Crippen LogP contribution in [0.5, 0.6) is 0 Å². The molecule has 4 nitrogen and oxygen atoms in total. The second-order valence-electron chi connectivity index (χ2n) is 6.04. The van der Waals surface area contributed by atoms with Gasteiger partial charge in [0, 0.05) is 35.4 Å². The topological polar surface area (TPSA) is 43.8 Å². The zero-order valence-corrected chi connectivity index (χ0v) is 15.6. The summed E-state index contributed by atoms with van der Waals surface area (Å²) < 4.78 is 1.17. The molecule has 1 fully saturated rings. The number of nitrogens with zero attached hydrogens (tertiary/aromatic N) is 2. The van der Waals surface area contributed by atoms with Gasteiger partial charge in [0.15, 0.2) is 0 Å². The van der Waals surface area contributed by atoms with E-state index in [4.69, 9.17) is 0 Å². The lowest BCUT2D eigenvalue weighted by Crippen LogP contribution is -2.53. The third-order valence-corrected chi connectivity index (χ3v) is 5.22. The van der Waals surface area contributed by atoms with Crippen molar-refractivity contribution in [1.82, 2.24) is 4.90 Å². The molecule has 5 heteroatoms. The van der Waals surface area contributed by atoms with Crippen molar-refractivity contribution in [2.45, 2.75) is 12.5 Å². The molecule has 0 spiro atoms. The highest BCUT2D eigenvalue weighted by molar-refractivity contribution is 14.1. The average Bonchev–Trinajstić information content (AvgIpc) is 2.62. The second-order valence-corrected chi connectivity index (χ2v) is 7.29. The number of anilines is 1. The Balaban J connectivity index is 1.63. The van der Waals surface area contributed by atoms with Gasteiger partial charge in [0.2, 0.25) is 0 Å². The summed E-state index contributed by atoms with van der Waals surface area (Å²) in [5.41, 5.74) is 2.29. The summed E-state index contributed by atoms with van der Waals surface area (Å²) in [5.74, 6) is -0.735. The van der Waals surface area contributed by atoms with Crippen LogP contribution in [0.2, 0.25) is 0 Å². The van der Waals surface area contributed by atoms with Gasteiger partial charge < -0.3 is 10.0 Å². The minimum absolute atomic E-state index is 0.456. The minimum Gasteiger partial charge on any atom is -0.480 e. The van der Waals surface area contributed by atoms with Gasteiger partial charge in [-0.2, -0.15) is 0 Å². The van der Waals surface area contributed by atoms with E-state index in [-0.39, 0.29) is 0 Å². The largest absolute Gasteiger partial charge is 0.480 e. The SMILES string of the molecule is O=C(O)[C@@H](Cc1ccc(I)cc1)N1CCN(c2ccccc2)CC1. The molecule has 126 valence electrons. The molecule has 1 heterocycles. The van der Waals surface area contributed by atoms with Crippen LogP contribution in [-0.2, 0) is 11.2 Å². The molecule has 0 bridgehead atoms. The van der Waals surface area contributed by atoms with Gasteiger partial charge in [-0.3, -0.25) is 9.69 Å². The van der Waals surface area contributed by atoms with E-state index in [2.05, 4.69) is 44.5 Å². The second kappa shape index (κ2) is 7.98. The van der Waals surface area contributed by atoms with Crippen LogP contribution < -0.4 is 4.90 Å². The van der Waals surface area contributed by atoms with Crippen molar-refractivity contribution in [3.8, 4) is 0 Å². The summed E-state index contributed by atoms with van der Waals surface area (Å²) in [6.45, 7) is 3.27. The van der Waals surface area contributed by atoms with E-state index in [0.717, 1.165) is 31.7 Å². The van der Waals surface area contributed by atoms with E-state index in [9.17, 15) is 9.90 Å². The number of piperazine rings is 1. The zero-order chi connectivity index (χ0) is 16.9. The quantitative estimate of drug-likeness (QED) is 0.732. The van der Waals surface area contributed by atoms with Crippen molar-refractivity contribution in [2.24, 2.45) is 0 Å². The maximum Gasteiger partial charge on any atom is 0.321 e. The van der Waals surface area contributed by atoms with Crippen LogP contribution in [0.3, 0.4) is 0 Å². The van der Waals surface area contributed by atoms with Crippen molar-refractivity contribution in [1.29, 1.82) is 0 Å². The molecule has 1 aliphatic rings. The van der Waals surface area contributed by atoms with Gasteiger partial charge in [-0.05, 0) is 58.8 Å². The minimum atomic E-state index is -0.735. The maximum absolute atomic E-state index is 11.8. The maximum atomic E-state index is 11.8. The molecule has 0 radical (unpaired) electrons. The third-order valence-electron chi connectivity index (χ3n) is 4.50. The van der Waals surface area contributed by atoms with Crippen LogP contribution in [0.15, 0.2) is 54.6 Å². The van der Waals surface area contributed by atoms with Crippen LogP contribution in [0.1, 0.15) is 5.56 Å². The normalized spacial score (nSPS) is 16.8. The number of benzene rings is 2. The molecular formula is C19H21IN2O2. The molecule has 24 heavy (non-hydrogen) atoms. The molecule has 0 saturated carbocycles. The van der Waals surface area contributed by atoms with E-state index < -0.39 is 12.0 Å². The third kappa shape index (κ3) is 4.27. The summed E-state index contributed by atoms with van der Waals surface area (Å²) in [5, 5.41) is 9.67. The Kier molecular flexibility index (Phi) is 5.73. The molecule has 2 aromatic carbocycles. The number of carboxylic acid groups (broad SMARTS) is 1. The van der Waals surface area contributed by atoms with E-state index in [1.54, 1.807) is 0 Å². The lowest BCUT2D eigenvalue weighted by atomic mass is 10.0. The van der Waals surface area contributed by atoms with Crippen molar-refractivity contribution < 1.29 is 9.90 Å². The first-order valence-electron chi connectivity index (χ1n) is 8.15. The molecule has 0 aromatic heterocycles. The number of halogens is 1. The summed E-state index contributed by atoms with van der Waals surface area (Å²) in [6.07, 6.45) is 0.553. The van der Waals surface area contributed by atoms with E-state index >= 15 is 0 Å². The van der Waals surface area contributed by atoms with Crippen LogP contribution >= 0.6 is 22.6 Å². The molecule has 0 aliphatic carbocycles. The van der Waals surface area contributed by atoms with Gasteiger partial charge in [-0.15, -0.1) is 0 Å². The van der Waals surface area contributed by atoms with Crippen molar-refractivity contribution in [3.63, 3.8) is 0 Å². The summed E-state index contributed by atoms with van der Waals surface area (Å²) in [6, 6.07) is 18.0. The monoisotopic (exact) mass is 436 g/mol. The van der Waals surface area contributed by atoms with Crippen LogP contribution in [0.4, 0.5) is 5.69 Å². The van der Waals surface area contributed by atoms with E-state index in [1.165, 1.54) is 9.26 Å². The highest BCUT2D eigenvalue weighted by atomic mass is 127. The molecule has 1 N–H and O–H groups in total. The Morgan fingerprint density at radius 1 is 1.00 bits per heavy atom. The Labute approximate surface area is 156 Å². The molecule has 1 saturated heterocycles. The number of aliphatic carboxylic acids is 1.